The number of nitrogens with zero attached hydrogens (tertiary/aromatic N) is 5. The Labute approximate surface area is 183 Å². The summed E-state index contributed by atoms with van der Waals surface area (Å²) in [5.41, 5.74) is 3.36. The van der Waals surface area contributed by atoms with Gasteiger partial charge in [-0.2, -0.15) is 5.10 Å². The second-order valence-corrected chi connectivity index (χ2v) is 8.96. The maximum absolute atomic E-state index is 13.9. The minimum absolute atomic E-state index is 0.148. The molecule has 2 aliphatic rings. The highest BCUT2D eigenvalue weighted by Gasteiger charge is 2.29. The molecule has 4 heterocycles. The zero-order chi connectivity index (χ0) is 21.2. The van der Waals surface area contributed by atoms with Crippen molar-refractivity contribution in [3.8, 4) is 11.3 Å². The van der Waals surface area contributed by atoms with Crippen LogP contribution in [0.4, 0.5) is 0 Å². The number of likely N-dealkylation sites (tertiary alicyclic amines) is 2. The van der Waals surface area contributed by atoms with E-state index >= 15 is 0 Å². The predicted octanol–water partition coefficient (Wildman–Crippen LogP) is 4.12. The number of piperidine rings is 1. The Hall–Kier alpha value is -2.73. The van der Waals surface area contributed by atoms with Crippen LogP contribution in [0.5, 0.6) is 0 Å². The molecule has 162 valence electrons. The first-order chi connectivity index (χ1) is 15.2. The fourth-order valence-electron chi connectivity index (χ4n) is 5.11. The van der Waals surface area contributed by atoms with Gasteiger partial charge in [-0.25, -0.2) is 4.98 Å². The number of amides is 1. The van der Waals surface area contributed by atoms with Gasteiger partial charge >= 0.3 is 0 Å². The molecule has 2 aliphatic heterocycles. The van der Waals surface area contributed by atoms with E-state index in [4.69, 9.17) is 4.98 Å². The molecule has 0 aliphatic carbocycles. The summed E-state index contributed by atoms with van der Waals surface area (Å²) >= 11 is 0. The highest BCUT2D eigenvalue weighted by atomic mass is 16.2. The van der Waals surface area contributed by atoms with Crippen LogP contribution in [0.3, 0.4) is 0 Å². The van der Waals surface area contributed by atoms with Crippen molar-refractivity contribution in [2.24, 2.45) is 7.05 Å². The molecule has 0 spiro atoms. The molecule has 6 nitrogen and oxygen atoms in total. The predicted molar refractivity (Wildman–Crippen MR) is 123 cm³/mol. The number of aryl methyl sites for hydroxylation is 1. The van der Waals surface area contributed by atoms with Crippen LogP contribution in [-0.2, 0) is 7.05 Å². The maximum Gasteiger partial charge on any atom is 0.254 e. The lowest BCUT2D eigenvalue weighted by molar-refractivity contribution is 0.0590. The summed E-state index contributed by atoms with van der Waals surface area (Å²) in [5.74, 6) is 0.148. The van der Waals surface area contributed by atoms with Gasteiger partial charge in [0, 0.05) is 43.3 Å². The van der Waals surface area contributed by atoms with Gasteiger partial charge < -0.3 is 9.80 Å². The highest BCUT2D eigenvalue weighted by molar-refractivity contribution is 6.07. The second kappa shape index (κ2) is 8.79. The van der Waals surface area contributed by atoms with E-state index in [9.17, 15) is 4.79 Å². The molecule has 1 aromatic carbocycles. The topological polar surface area (TPSA) is 54.3 Å². The average Bonchev–Trinajstić information content (AvgIpc) is 3.48. The Bertz CT molecular complexity index is 1070. The third-order valence-corrected chi connectivity index (χ3v) is 6.81. The molecule has 3 aromatic rings. The van der Waals surface area contributed by atoms with Crippen LogP contribution in [0, 0.1) is 0 Å². The highest BCUT2D eigenvalue weighted by Crippen LogP contribution is 2.29. The SMILES string of the molecule is Cn1cc(-c2cc(C(=O)N3CCCCC3CCN3CCCC3)c3ccccc3n2)cn1. The Kier molecular flexibility index (Phi) is 5.72. The van der Waals surface area contributed by atoms with E-state index in [0.29, 0.717) is 6.04 Å². The van der Waals surface area contributed by atoms with Gasteiger partial charge in [0.1, 0.15) is 0 Å². The smallest absolute Gasteiger partial charge is 0.254 e. The molecule has 2 saturated heterocycles. The van der Waals surface area contributed by atoms with E-state index in [0.717, 1.165) is 60.1 Å². The van der Waals surface area contributed by atoms with Crippen molar-refractivity contribution in [3.63, 3.8) is 0 Å². The molecule has 0 bridgehead atoms. The Morgan fingerprint density at radius 3 is 2.71 bits per heavy atom. The molecule has 1 atom stereocenters. The molecule has 0 N–H and O–H groups in total. The van der Waals surface area contributed by atoms with Gasteiger partial charge in [-0.1, -0.05) is 18.2 Å². The third-order valence-electron chi connectivity index (χ3n) is 6.81. The number of fused-ring (bicyclic) bond motifs is 1. The number of carbonyl (C=O) groups excluding carboxylic acids is 1. The van der Waals surface area contributed by atoms with Crippen LogP contribution in [0.2, 0.25) is 0 Å². The first-order valence-corrected chi connectivity index (χ1v) is 11.6. The standard InChI is InChI=1S/C25H31N5O/c1-28-18-19(17-26-28)24-16-22(21-9-2-3-10-23(21)27-24)25(31)30-14-5-4-8-20(30)11-15-29-12-6-7-13-29/h2-3,9-10,16-18,20H,4-8,11-15H2,1H3. The minimum Gasteiger partial charge on any atom is -0.336 e. The summed E-state index contributed by atoms with van der Waals surface area (Å²) in [6, 6.07) is 10.3. The number of aromatic nitrogens is 3. The van der Waals surface area contributed by atoms with Gasteiger partial charge in [0.15, 0.2) is 0 Å². The zero-order valence-corrected chi connectivity index (χ0v) is 18.3. The van der Waals surface area contributed by atoms with E-state index in [1.165, 1.54) is 32.4 Å². The number of para-hydroxylation sites is 1. The van der Waals surface area contributed by atoms with Crippen LogP contribution in [0.1, 0.15) is 48.9 Å². The van der Waals surface area contributed by atoms with E-state index in [-0.39, 0.29) is 5.91 Å². The third kappa shape index (κ3) is 4.22. The van der Waals surface area contributed by atoms with E-state index in [1.807, 2.05) is 49.8 Å². The normalized spacial score (nSPS) is 19.9. The van der Waals surface area contributed by atoms with Crippen molar-refractivity contribution >= 4 is 16.8 Å². The largest absolute Gasteiger partial charge is 0.336 e. The van der Waals surface area contributed by atoms with Crippen molar-refractivity contribution in [2.75, 3.05) is 26.2 Å². The fraction of sp³-hybridized carbons (Fsp3) is 0.480. The molecule has 1 amide bonds. The molecular weight excluding hydrogens is 386 g/mol. The van der Waals surface area contributed by atoms with E-state index in [1.54, 1.807) is 4.68 Å². The van der Waals surface area contributed by atoms with Crippen LogP contribution >= 0.6 is 0 Å². The zero-order valence-electron chi connectivity index (χ0n) is 18.3. The molecule has 0 radical (unpaired) electrons. The lowest BCUT2D eigenvalue weighted by Crippen LogP contribution is -2.45. The van der Waals surface area contributed by atoms with Crippen molar-refractivity contribution < 1.29 is 4.79 Å². The summed E-state index contributed by atoms with van der Waals surface area (Å²) in [6.07, 6.45) is 10.9. The summed E-state index contributed by atoms with van der Waals surface area (Å²) < 4.78 is 1.77. The van der Waals surface area contributed by atoms with Gasteiger partial charge in [-0.15, -0.1) is 0 Å². The average molecular weight is 418 g/mol. The summed E-state index contributed by atoms with van der Waals surface area (Å²) in [5, 5.41) is 5.22. The number of rotatable bonds is 5. The van der Waals surface area contributed by atoms with Crippen LogP contribution < -0.4 is 0 Å². The van der Waals surface area contributed by atoms with Crippen molar-refractivity contribution in [1.29, 1.82) is 0 Å². The molecule has 0 saturated carbocycles. The second-order valence-electron chi connectivity index (χ2n) is 8.96. The number of hydrogen-bond acceptors (Lipinski definition) is 4. The molecule has 1 unspecified atom stereocenters. The number of pyridine rings is 1. The molecule has 6 heteroatoms. The number of carbonyl (C=O) groups is 1. The van der Waals surface area contributed by atoms with Crippen molar-refractivity contribution in [2.45, 2.75) is 44.6 Å². The van der Waals surface area contributed by atoms with Crippen LogP contribution in [0.25, 0.3) is 22.2 Å². The van der Waals surface area contributed by atoms with Gasteiger partial charge in [0.05, 0.1) is 23.0 Å². The van der Waals surface area contributed by atoms with Gasteiger partial charge in [-0.3, -0.25) is 9.48 Å². The van der Waals surface area contributed by atoms with Crippen molar-refractivity contribution in [3.05, 3.63) is 48.3 Å². The Balaban J connectivity index is 1.47. The lowest BCUT2D eigenvalue weighted by atomic mass is 9.96. The van der Waals surface area contributed by atoms with Crippen LogP contribution in [-0.4, -0.2) is 62.7 Å². The number of benzene rings is 1. The Morgan fingerprint density at radius 1 is 1.10 bits per heavy atom. The number of hydrogen-bond donors (Lipinski definition) is 0. The first-order valence-electron chi connectivity index (χ1n) is 11.6. The summed E-state index contributed by atoms with van der Waals surface area (Å²) in [6.45, 7) is 4.38. The Morgan fingerprint density at radius 2 is 1.90 bits per heavy atom. The molecule has 2 aromatic heterocycles. The minimum atomic E-state index is 0.148. The molecule has 2 fully saturated rings. The first kappa shape index (κ1) is 20.2. The molecular formula is C25H31N5O. The van der Waals surface area contributed by atoms with Gasteiger partial charge in [0.25, 0.3) is 5.91 Å². The summed E-state index contributed by atoms with van der Waals surface area (Å²) in [4.78, 5) is 23.4. The summed E-state index contributed by atoms with van der Waals surface area (Å²) in [7, 11) is 1.90. The van der Waals surface area contributed by atoms with Gasteiger partial charge in [-0.05, 0) is 63.7 Å². The van der Waals surface area contributed by atoms with Gasteiger partial charge in [0.2, 0.25) is 0 Å². The van der Waals surface area contributed by atoms with Crippen LogP contribution in [0.15, 0.2) is 42.7 Å². The lowest BCUT2D eigenvalue weighted by Gasteiger charge is -2.37. The molecule has 31 heavy (non-hydrogen) atoms. The monoisotopic (exact) mass is 417 g/mol. The maximum atomic E-state index is 13.9. The van der Waals surface area contributed by atoms with Crippen molar-refractivity contribution in [1.82, 2.24) is 24.6 Å². The van der Waals surface area contributed by atoms with E-state index < -0.39 is 0 Å². The quantitative estimate of drug-likeness (QED) is 0.627. The molecule has 5 rings (SSSR count). The fourth-order valence-corrected chi connectivity index (χ4v) is 5.11. The van der Waals surface area contributed by atoms with E-state index in [2.05, 4.69) is 14.9 Å².